The van der Waals surface area contributed by atoms with Gasteiger partial charge in [0.15, 0.2) is 0 Å². The summed E-state index contributed by atoms with van der Waals surface area (Å²) in [6, 6.07) is 2.22. The predicted molar refractivity (Wildman–Crippen MR) is 79.1 cm³/mol. The number of amides is 2. The number of pyridine rings is 1. The van der Waals surface area contributed by atoms with Crippen molar-refractivity contribution in [1.82, 2.24) is 15.6 Å². The average molecular weight is 329 g/mol. The Kier molecular flexibility index (Phi) is 5.70. The van der Waals surface area contributed by atoms with E-state index in [1.54, 1.807) is 13.0 Å². The third kappa shape index (κ3) is 5.31. The second-order valence-corrected chi connectivity index (χ2v) is 5.86. The van der Waals surface area contributed by atoms with Crippen molar-refractivity contribution < 1.29 is 23.4 Å². The van der Waals surface area contributed by atoms with Crippen molar-refractivity contribution in [2.45, 2.75) is 57.4 Å². The van der Waals surface area contributed by atoms with Crippen molar-refractivity contribution in [2.75, 3.05) is 0 Å². The second-order valence-electron chi connectivity index (χ2n) is 5.86. The fourth-order valence-corrected chi connectivity index (χ4v) is 2.65. The van der Waals surface area contributed by atoms with Gasteiger partial charge in [0.1, 0.15) is 0 Å². The molecule has 0 aliphatic heterocycles. The summed E-state index contributed by atoms with van der Waals surface area (Å²) in [6.07, 6.45) is 4.60. The third-order valence-corrected chi connectivity index (χ3v) is 3.94. The van der Waals surface area contributed by atoms with E-state index in [2.05, 4.69) is 20.4 Å². The first kappa shape index (κ1) is 17.4. The lowest BCUT2D eigenvalue weighted by Gasteiger charge is -2.37. The van der Waals surface area contributed by atoms with Gasteiger partial charge in [-0.3, -0.25) is 0 Å². The van der Waals surface area contributed by atoms with Gasteiger partial charge in [0.05, 0.1) is 11.6 Å². The number of aromatic nitrogens is 1. The van der Waals surface area contributed by atoms with Crippen LogP contribution in [0.1, 0.15) is 38.2 Å². The van der Waals surface area contributed by atoms with Crippen LogP contribution in [0.5, 0.6) is 5.88 Å². The number of nitrogens with zero attached hydrogens (tertiary/aromatic N) is 1. The summed E-state index contributed by atoms with van der Waals surface area (Å²) in [4.78, 5) is 15.6. The zero-order valence-corrected chi connectivity index (χ0v) is 12.9. The van der Waals surface area contributed by atoms with Crippen LogP contribution in [-0.4, -0.2) is 34.4 Å². The van der Waals surface area contributed by atoms with Gasteiger partial charge in [-0.1, -0.05) is 12.8 Å². The number of halogens is 2. The average Bonchev–Trinajstić information content (AvgIpc) is 2.47. The van der Waals surface area contributed by atoms with E-state index in [-0.39, 0.29) is 18.5 Å². The Morgan fingerprint density at radius 3 is 3.04 bits per heavy atom. The Balaban J connectivity index is 1.84. The molecule has 8 heteroatoms. The molecule has 0 spiro atoms. The van der Waals surface area contributed by atoms with Crippen LogP contribution in [0, 0.1) is 0 Å². The number of aliphatic hydroxyl groups is 1. The molecule has 1 aromatic rings. The van der Waals surface area contributed by atoms with Crippen molar-refractivity contribution in [2.24, 2.45) is 0 Å². The molecule has 1 saturated carbocycles. The Labute approximate surface area is 133 Å². The van der Waals surface area contributed by atoms with Crippen LogP contribution >= 0.6 is 0 Å². The highest BCUT2D eigenvalue weighted by molar-refractivity contribution is 5.74. The normalized spacial score (nSPS) is 24.3. The largest absolute Gasteiger partial charge is 0.417 e. The fourth-order valence-electron chi connectivity index (χ4n) is 2.65. The van der Waals surface area contributed by atoms with E-state index in [0.717, 1.165) is 19.3 Å². The van der Waals surface area contributed by atoms with Crippen molar-refractivity contribution in [3.05, 3.63) is 23.9 Å². The summed E-state index contributed by atoms with van der Waals surface area (Å²) in [6.45, 7) is -1.08. The highest BCUT2D eigenvalue weighted by Crippen LogP contribution is 2.27. The monoisotopic (exact) mass is 329 g/mol. The lowest BCUT2D eigenvalue weighted by Crippen LogP contribution is -2.54. The smallest absolute Gasteiger partial charge is 0.388 e. The van der Waals surface area contributed by atoms with E-state index in [0.29, 0.717) is 12.0 Å². The van der Waals surface area contributed by atoms with Crippen LogP contribution < -0.4 is 15.4 Å². The van der Waals surface area contributed by atoms with Gasteiger partial charge in [-0.15, -0.1) is 0 Å². The summed E-state index contributed by atoms with van der Waals surface area (Å²) >= 11 is 0. The van der Waals surface area contributed by atoms with Crippen LogP contribution in [0.2, 0.25) is 0 Å². The second kappa shape index (κ2) is 7.54. The molecule has 6 nitrogen and oxygen atoms in total. The minimum absolute atomic E-state index is 0.142. The van der Waals surface area contributed by atoms with Crippen LogP contribution in [0.25, 0.3) is 0 Å². The Morgan fingerprint density at radius 1 is 1.57 bits per heavy atom. The zero-order chi connectivity index (χ0) is 16.9. The molecule has 2 amide bonds. The summed E-state index contributed by atoms with van der Waals surface area (Å²) in [5.41, 5.74) is -0.328. The molecule has 0 unspecified atom stereocenters. The quantitative estimate of drug-likeness (QED) is 0.773. The molecule has 1 fully saturated rings. The highest BCUT2D eigenvalue weighted by Gasteiger charge is 2.35. The van der Waals surface area contributed by atoms with Gasteiger partial charge in [0.2, 0.25) is 5.88 Å². The Bertz CT molecular complexity index is 540. The molecule has 2 rings (SSSR count). The summed E-state index contributed by atoms with van der Waals surface area (Å²) in [5, 5.41) is 15.6. The first-order valence-electron chi connectivity index (χ1n) is 7.53. The van der Waals surface area contributed by atoms with E-state index >= 15 is 0 Å². The Morgan fingerprint density at radius 2 is 2.35 bits per heavy atom. The number of ether oxygens (including phenoxy) is 1. The molecule has 3 N–H and O–H groups in total. The first-order chi connectivity index (χ1) is 10.9. The minimum Gasteiger partial charge on any atom is -0.417 e. The highest BCUT2D eigenvalue weighted by atomic mass is 19.3. The fraction of sp³-hybridized carbons (Fsp3) is 0.600. The van der Waals surface area contributed by atoms with Gasteiger partial charge < -0.3 is 20.5 Å². The molecule has 1 aliphatic carbocycles. The number of hydrogen-bond donors (Lipinski definition) is 3. The van der Waals surface area contributed by atoms with Crippen LogP contribution in [0.3, 0.4) is 0 Å². The van der Waals surface area contributed by atoms with E-state index in [9.17, 15) is 18.7 Å². The van der Waals surface area contributed by atoms with Gasteiger partial charge in [-0.2, -0.15) is 8.78 Å². The SMILES string of the molecule is C[C@@]1(O)CCCC[C@H]1NC(=O)NCc1ccnc(OC(F)F)c1. The first-order valence-corrected chi connectivity index (χ1v) is 7.53. The van der Waals surface area contributed by atoms with Crippen LogP contribution in [-0.2, 0) is 6.54 Å². The van der Waals surface area contributed by atoms with Gasteiger partial charge in [0.25, 0.3) is 0 Å². The molecular weight excluding hydrogens is 308 g/mol. The number of rotatable bonds is 5. The molecule has 1 aliphatic rings. The maximum Gasteiger partial charge on any atom is 0.388 e. The molecule has 2 atom stereocenters. The van der Waals surface area contributed by atoms with Gasteiger partial charge in [0, 0.05) is 18.8 Å². The van der Waals surface area contributed by atoms with Crippen LogP contribution in [0.4, 0.5) is 13.6 Å². The summed E-state index contributed by atoms with van der Waals surface area (Å²) in [7, 11) is 0. The maximum absolute atomic E-state index is 12.1. The van der Waals surface area contributed by atoms with E-state index in [4.69, 9.17) is 0 Å². The van der Waals surface area contributed by atoms with Crippen molar-refractivity contribution >= 4 is 6.03 Å². The van der Waals surface area contributed by atoms with Gasteiger partial charge >= 0.3 is 12.6 Å². The van der Waals surface area contributed by atoms with Crippen molar-refractivity contribution in [3.63, 3.8) is 0 Å². The topological polar surface area (TPSA) is 83.5 Å². The number of carbonyl (C=O) groups excluding carboxylic acids is 1. The standard InChI is InChI=1S/C15H21F2N3O3/c1-15(22)6-3-2-4-11(15)20-14(21)19-9-10-5-7-18-12(8-10)23-13(16)17/h5,7-8,11,13,22H,2-4,6,9H2,1H3,(H2,19,20,21)/t11-,15-/m1/s1. The van der Waals surface area contributed by atoms with Crippen molar-refractivity contribution in [3.8, 4) is 5.88 Å². The molecule has 0 aromatic carbocycles. The van der Waals surface area contributed by atoms with Crippen LogP contribution in [0.15, 0.2) is 18.3 Å². The van der Waals surface area contributed by atoms with Gasteiger partial charge in [-0.05, 0) is 31.4 Å². The molecule has 0 bridgehead atoms. The zero-order valence-electron chi connectivity index (χ0n) is 12.9. The third-order valence-electron chi connectivity index (χ3n) is 3.94. The number of hydrogen-bond acceptors (Lipinski definition) is 4. The van der Waals surface area contributed by atoms with E-state index < -0.39 is 18.2 Å². The molecular formula is C15H21F2N3O3. The molecule has 1 heterocycles. The molecule has 128 valence electrons. The number of alkyl halides is 2. The Hall–Kier alpha value is -1.96. The number of urea groups is 1. The van der Waals surface area contributed by atoms with E-state index in [1.165, 1.54) is 12.3 Å². The van der Waals surface area contributed by atoms with Gasteiger partial charge in [-0.25, -0.2) is 9.78 Å². The summed E-state index contributed by atoms with van der Waals surface area (Å²) < 4.78 is 28.5. The molecule has 0 radical (unpaired) electrons. The lowest BCUT2D eigenvalue weighted by molar-refractivity contribution is -0.0529. The maximum atomic E-state index is 12.1. The molecule has 0 saturated heterocycles. The van der Waals surface area contributed by atoms with E-state index in [1.807, 2.05) is 0 Å². The number of carbonyl (C=O) groups is 1. The molecule has 1 aromatic heterocycles. The predicted octanol–water partition coefficient (Wildman–Crippen LogP) is 2.18. The minimum atomic E-state index is -2.94. The lowest BCUT2D eigenvalue weighted by atomic mass is 9.82. The van der Waals surface area contributed by atoms with Crippen molar-refractivity contribution in [1.29, 1.82) is 0 Å². The summed E-state index contributed by atoms with van der Waals surface area (Å²) in [5.74, 6) is -0.199. The molecule has 23 heavy (non-hydrogen) atoms. The number of nitrogens with one attached hydrogen (secondary N) is 2.